The molecule has 1 fully saturated rings. The summed E-state index contributed by atoms with van der Waals surface area (Å²) in [5.41, 5.74) is 0. The van der Waals surface area contributed by atoms with E-state index in [0.29, 0.717) is 18.4 Å². The fourth-order valence-corrected chi connectivity index (χ4v) is 2.14. The number of hydrogen-bond donors (Lipinski definition) is 0. The van der Waals surface area contributed by atoms with Crippen molar-refractivity contribution in [3.05, 3.63) is 0 Å². The Morgan fingerprint density at radius 3 is 2.60 bits per heavy atom. The quantitative estimate of drug-likeness (QED) is 0.696. The van der Waals surface area contributed by atoms with Gasteiger partial charge in [0.05, 0.1) is 6.07 Å². The van der Waals surface area contributed by atoms with Crippen molar-refractivity contribution in [1.29, 1.82) is 5.26 Å². The Morgan fingerprint density at radius 2 is 2.07 bits per heavy atom. The molecule has 1 heterocycles. The highest BCUT2D eigenvalue weighted by Gasteiger charge is 2.21. The lowest BCUT2D eigenvalue weighted by Gasteiger charge is -2.34. The van der Waals surface area contributed by atoms with Gasteiger partial charge in [0.1, 0.15) is 0 Å². The molecule has 0 unspecified atom stereocenters. The second-order valence-corrected chi connectivity index (χ2v) is 4.64. The Labute approximate surface area is 93.0 Å². The fraction of sp³-hybridized carbons (Fsp3) is 0.917. The predicted molar refractivity (Wildman–Crippen MR) is 60.5 cm³/mol. The molecule has 0 N–H and O–H groups in total. The van der Waals surface area contributed by atoms with Gasteiger partial charge in [-0.15, -0.1) is 0 Å². The van der Waals surface area contributed by atoms with Gasteiger partial charge in [0, 0.05) is 38.8 Å². The summed E-state index contributed by atoms with van der Waals surface area (Å²) in [6.07, 6.45) is 2.89. The molecule has 3 heteroatoms. The lowest BCUT2D eigenvalue weighted by molar-refractivity contribution is 0.0307. The average molecular weight is 210 g/mol. The number of rotatable bonds is 5. The Balaban J connectivity index is 2.42. The molecule has 1 saturated heterocycles. The van der Waals surface area contributed by atoms with Crippen LogP contribution < -0.4 is 0 Å². The van der Waals surface area contributed by atoms with Crippen LogP contribution in [0.1, 0.15) is 33.1 Å². The van der Waals surface area contributed by atoms with Crippen LogP contribution >= 0.6 is 0 Å². The van der Waals surface area contributed by atoms with Crippen LogP contribution in [-0.2, 0) is 4.74 Å². The lowest BCUT2D eigenvalue weighted by Crippen LogP contribution is -2.41. The first-order valence-corrected chi connectivity index (χ1v) is 5.92. The molecule has 0 spiro atoms. The third kappa shape index (κ3) is 4.63. The summed E-state index contributed by atoms with van der Waals surface area (Å²) in [6, 6.07) is 2.87. The molecule has 0 aromatic heterocycles. The summed E-state index contributed by atoms with van der Waals surface area (Å²) in [4.78, 5) is 2.47. The van der Waals surface area contributed by atoms with Crippen LogP contribution in [-0.4, -0.2) is 37.2 Å². The minimum atomic E-state index is 0.634. The van der Waals surface area contributed by atoms with Crippen molar-refractivity contribution >= 4 is 0 Å². The van der Waals surface area contributed by atoms with E-state index in [1.54, 1.807) is 0 Å². The molecular weight excluding hydrogens is 188 g/mol. The van der Waals surface area contributed by atoms with Crippen LogP contribution in [0.5, 0.6) is 0 Å². The molecule has 0 saturated carbocycles. The second-order valence-electron chi connectivity index (χ2n) is 4.64. The Morgan fingerprint density at radius 1 is 1.40 bits per heavy atom. The number of ether oxygens (including phenoxy) is 1. The van der Waals surface area contributed by atoms with Crippen molar-refractivity contribution in [3.63, 3.8) is 0 Å². The van der Waals surface area contributed by atoms with Crippen molar-refractivity contribution in [2.75, 3.05) is 26.3 Å². The smallest absolute Gasteiger partial charge is 0.0635 e. The Bertz CT molecular complexity index is 204. The normalized spacial score (nSPS) is 18.3. The molecule has 0 aromatic rings. The summed E-state index contributed by atoms with van der Waals surface area (Å²) >= 11 is 0. The van der Waals surface area contributed by atoms with Crippen molar-refractivity contribution in [2.24, 2.45) is 5.92 Å². The van der Waals surface area contributed by atoms with Gasteiger partial charge in [0.2, 0.25) is 0 Å². The molecule has 0 radical (unpaired) electrons. The van der Waals surface area contributed by atoms with E-state index in [4.69, 9.17) is 10.00 Å². The topological polar surface area (TPSA) is 36.3 Å². The molecule has 86 valence electrons. The summed E-state index contributed by atoms with van der Waals surface area (Å²) in [7, 11) is 0. The Hall–Kier alpha value is -0.590. The van der Waals surface area contributed by atoms with Crippen molar-refractivity contribution in [3.8, 4) is 6.07 Å². The molecular formula is C12H22N2O. The van der Waals surface area contributed by atoms with Crippen LogP contribution in [0.4, 0.5) is 0 Å². The highest BCUT2D eigenvalue weighted by atomic mass is 16.5. The number of nitriles is 1. The highest BCUT2D eigenvalue weighted by Crippen LogP contribution is 2.16. The van der Waals surface area contributed by atoms with E-state index in [0.717, 1.165) is 39.1 Å². The van der Waals surface area contributed by atoms with Crippen LogP contribution in [0.3, 0.4) is 0 Å². The summed E-state index contributed by atoms with van der Waals surface area (Å²) in [5, 5.41) is 8.65. The zero-order valence-corrected chi connectivity index (χ0v) is 9.91. The third-order valence-corrected chi connectivity index (χ3v) is 2.82. The molecule has 0 atom stereocenters. The van der Waals surface area contributed by atoms with Crippen LogP contribution in [0, 0.1) is 17.2 Å². The van der Waals surface area contributed by atoms with Crippen molar-refractivity contribution < 1.29 is 4.74 Å². The average Bonchev–Trinajstić information content (AvgIpc) is 2.25. The summed E-state index contributed by atoms with van der Waals surface area (Å²) in [5.74, 6) is 0.673. The largest absolute Gasteiger partial charge is 0.381 e. The molecule has 0 amide bonds. The van der Waals surface area contributed by atoms with Crippen LogP contribution in [0.15, 0.2) is 0 Å². The molecule has 3 nitrogen and oxygen atoms in total. The first kappa shape index (κ1) is 12.5. The number of nitrogens with zero attached hydrogens (tertiary/aromatic N) is 2. The zero-order valence-electron chi connectivity index (χ0n) is 9.91. The second kappa shape index (κ2) is 6.81. The lowest BCUT2D eigenvalue weighted by atomic mass is 10.0. The molecule has 15 heavy (non-hydrogen) atoms. The standard InChI is InChI=1S/C12H22N2O/c1-11(2)10-14(7-3-6-13)12-4-8-15-9-5-12/h11-12H,3-5,7-10H2,1-2H3. The SMILES string of the molecule is CC(C)CN(CCC#N)C1CCOCC1. The van der Waals surface area contributed by atoms with E-state index in [1.807, 2.05) is 0 Å². The van der Waals surface area contributed by atoms with Crippen molar-refractivity contribution in [2.45, 2.75) is 39.2 Å². The summed E-state index contributed by atoms with van der Waals surface area (Å²) < 4.78 is 5.37. The monoisotopic (exact) mass is 210 g/mol. The van der Waals surface area contributed by atoms with Gasteiger partial charge >= 0.3 is 0 Å². The van der Waals surface area contributed by atoms with E-state index in [-0.39, 0.29) is 0 Å². The van der Waals surface area contributed by atoms with E-state index in [2.05, 4.69) is 24.8 Å². The first-order chi connectivity index (χ1) is 7.24. The molecule has 1 aliphatic rings. The van der Waals surface area contributed by atoms with Gasteiger partial charge in [-0.3, -0.25) is 4.90 Å². The molecule has 1 aliphatic heterocycles. The van der Waals surface area contributed by atoms with Gasteiger partial charge in [-0.05, 0) is 18.8 Å². The first-order valence-electron chi connectivity index (χ1n) is 5.92. The van der Waals surface area contributed by atoms with Gasteiger partial charge in [0.25, 0.3) is 0 Å². The maximum atomic E-state index is 8.65. The van der Waals surface area contributed by atoms with Gasteiger partial charge in [-0.1, -0.05) is 13.8 Å². The molecule has 1 rings (SSSR count). The van der Waals surface area contributed by atoms with Gasteiger partial charge in [-0.25, -0.2) is 0 Å². The summed E-state index contributed by atoms with van der Waals surface area (Å²) in [6.45, 7) is 8.25. The fourth-order valence-electron chi connectivity index (χ4n) is 2.14. The predicted octanol–water partition coefficient (Wildman–Crippen LogP) is 2.04. The Kier molecular flexibility index (Phi) is 5.67. The van der Waals surface area contributed by atoms with E-state index < -0.39 is 0 Å². The van der Waals surface area contributed by atoms with Gasteiger partial charge in [0.15, 0.2) is 0 Å². The van der Waals surface area contributed by atoms with Crippen molar-refractivity contribution in [1.82, 2.24) is 4.90 Å². The molecule has 0 aliphatic carbocycles. The van der Waals surface area contributed by atoms with Crippen LogP contribution in [0.25, 0.3) is 0 Å². The third-order valence-electron chi connectivity index (χ3n) is 2.82. The maximum Gasteiger partial charge on any atom is 0.0635 e. The van der Waals surface area contributed by atoms with E-state index >= 15 is 0 Å². The maximum absolute atomic E-state index is 8.65. The highest BCUT2D eigenvalue weighted by molar-refractivity contribution is 4.79. The van der Waals surface area contributed by atoms with Gasteiger partial charge < -0.3 is 4.74 Å². The number of hydrogen-bond acceptors (Lipinski definition) is 3. The molecule has 0 bridgehead atoms. The minimum absolute atomic E-state index is 0.634. The zero-order chi connectivity index (χ0) is 11.1. The van der Waals surface area contributed by atoms with E-state index in [9.17, 15) is 0 Å². The van der Waals surface area contributed by atoms with E-state index in [1.165, 1.54) is 0 Å². The minimum Gasteiger partial charge on any atom is -0.381 e. The van der Waals surface area contributed by atoms with Crippen LogP contribution in [0.2, 0.25) is 0 Å². The van der Waals surface area contributed by atoms with Gasteiger partial charge in [-0.2, -0.15) is 5.26 Å². The molecule has 0 aromatic carbocycles.